The Labute approximate surface area is 163 Å². The van der Waals surface area contributed by atoms with Crippen molar-refractivity contribution in [2.45, 2.75) is 26.8 Å². The molecule has 6 heteroatoms. The Morgan fingerprint density at radius 2 is 1.67 bits per heavy atom. The molecular weight excluding hydrogens is 360 g/mol. The predicted molar refractivity (Wildman–Crippen MR) is 110 cm³/mol. The van der Waals surface area contributed by atoms with Gasteiger partial charge in [-0.3, -0.25) is 4.79 Å². The third-order valence-corrected chi connectivity index (χ3v) is 4.53. The van der Waals surface area contributed by atoms with E-state index in [0.29, 0.717) is 16.7 Å². The fraction of sp³-hybridized carbons (Fsp3) is 0.190. The number of amides is 1. The number of carbonyl (C=O) groups excluding carboxylic acids is 1. The van der Waals surface area contributed by atoms with Gasteiger partial charge in [0.2, 0.25) is 5.91 Å². The van der Waals surface area contributed by atoms with E-state index in [1.54, 1.807) is 19.1 Å². The summed E-state index contributed by atoms with van der Waals surface area (Å²) >= 11 is 5.96. The smallest absolute Gasteiger partial charge is 0.246 e. The Hall–Kier alpha value is -2.92. The highest BCUT2D eigenvalue weighted by Crippen LogP contribution is 2.23. The molecular formula is C21H21ClN4O. The first-order valence-corrected chi connectivity index (χ1v) is 9.05. The average Bonchev–Trinajstić information content (AvgIpc) is 2.66. The molecule has 1 unspecified atom stereocenters. The maximum absolute atomic E-state index is 12.5. The zero-order chi connectivity index (χ0) is 19.4. The second-order valence-electron chi connectivity index (χ2n) is 6.33. The van der Waals surface area contributed by atoms with Crippen molar-refractivity contribution in [2.24, 2.45) is 0 Å². The van der Waals surface area contributed by atoms with Crippen LogP contribution in [-0.2, 0) is 4.79 Å². The van der Waals surface area contributed by atoms with Crippen LogP contribution in [0.1, 0.15) is 18.2 Å². The van der Waals surface area contributed by atoms with Crippen molar-refractivity contribution in [3.63, 3.8) is 0 Å². The van der Waals surface area contributed by atoms with Gasteiger partial charge in [-0.05, 0) is 57.2 Å². The normalized spacial score (nSPS) is 11.7. The highest BCUT2D eigenvalue weighted by atomic mass is 35.5. The van der Waals surface area contributed by atoms with Crippen LogP contribution in [0, 0.1) is 13.8 Å². The van der Waals surface area contributed by atoms with Gasteiger partial charge < -0.3 is 10.6 Å². The summed E-state index contributed by atoms with van der Waals surface area (Å²) in [4.78, 5) is 21.6. The SMILES string of the molecule is Cc1nc(-c2ccc(Cl)cc2)nc(NC(C)C(=O)Nc2ccccc2)c1C. The molecule has 3 aromatic rings. The maximum Gasteiger partial charge on any atom is 0.246 e. The molecule has 5 nitrogen and oxygen atoms in total. The van der Waals surface area contributed by atoms with E-state index in [2.05, 4.69) is 20.6 Å². The summed E-state index contributed by atoms with van der Waals surface area (Å²) in [6.07, 6.45) is 0. The van der Waals surface area contributed by atoms with Crippen LogP contribution < -0.4 is 10.6 Å². The Balaban J connectivity index is 1.81. The lowest BCUT2D eigenvalue weighted by molar-refractivity contribution is -0.116. The van der Waals surface area contributed by atoms with E-state index in [0.717, 1.165) is 22.5 Å². The standard InChI is InChI=1S/C21H21ClN4O/c1-13-14(2)23-20(16-9-11-17(22)12-10-16)26-19(13)24-15(3)21(27)25-18-7-5-4-6-8-18/h4-12,15H,1-3H3,(H,25,27)(H,23,24,26). The second kappa shape index (κ2) is 8.18. The summed E-state index contributed by atoms with van der Waals surface area (Å²) in [5.41, 5.74) is 3.39. The molecule has 0 fully saturated rings. The van der Waals surface area contributed by atoms with Crippen molar-refractivity contribution in [3.05, 3.63) is 70.9 Å². The van der Waals surface area contributed by atoms with Crippen molar-refractivity contribution in [2.75, 3.05) is 10.6 Å². The molecule has 0 spiro atoms. The fourth-order valence-corrected chi connectivity index (χ4v) is 2.67. The number of nitrogens with one attached hydrogen (secondary N) is 2. The van der Waals surface area contributed by atoms with Crippen molar-refractivity contribution >= 4 is 29.0 Å². The van der Waals surface area contributed by atoms with E-state index in [4.69, 9.17) is 11.6 Å². The molecule has 2 N–H and O–H groups in total. The van der Waals surface area contributed by atoms with Gasteiger partial charge in [-0.15, -0.1) is 0 Å². The largest absolute Gasteiger partial charge is 0.358 e. The number of carbonyl (C=O) groups is 1. The van der Waals surface area contributed by atoms with Crippen LogP contribution in [0.25, 0.3) is 11.4 Å². The number of anilines is 2. The first-order chi connectivity index (χ1) is 12.9. The second-order valence-corrected chi connectivity index (χ2v) is 6.77. The molecule has 0 saturated carbocycles. The number of halogens is 1. The van der Waals surface area contributed by atoms with Crippen molar-refractivity contribution in [1.29, 1.82) is 0 Å². The Morgan fingerprint density at radius 1 is 1.00 bits per heavy atom. The quantitative estimate of drug-likeness (QED) is 0.663. The van der Waals surface area contributed by atoms with Gasteiger partial charge in [-0.2, -0.15) is 0 Å². The van der Waals surface area contributed by atoms with E-state index in [-0.39, 0.29) is 5.91 Å². The van der Waals surface area contributed by atoms with Crippen molar-refractivity contribution in [1.82, 2.24) is 9.97 Å². The lowest BCUT2D eigenvalue weighted by atomic mass is 10.1. The zero-order valence-electron chi connectivity index (χ0n) is 15.5. The highest BCUT2D eigenvalue weighted by molar-refractivity contribution is 6.30. The zero-order valence-corrected chi connectivity index (χ0v) is 16.2. The van der Waals surface area contributed by atoms with E-state index >= 15 is 0 Å². The molecule has 0 aliphatic rings. The average molecular weight is 381 g/mol. The first-order valence-electron chi connectivity index (χ1n) is 8.67. The van der Waals surface area contributed by atoms with Crippen LogP contribution in [0.15, 0.2) is 54.6 Å². The molecule has 1 aromatic heterocycles. The van der Waals surface area contributed by atoms with Crippen LogP contribution in [0.2, 0.25) is 5.02 Å². The number of para-hydroxylation sites is 1. The van der Waals surface area contributed by atoms with Gasteiger partial charge in [0.05, 0.1) is 0 Å². The van der Waals surface area contributed by atoms with E-state index in [1.807, 2.05) is 56.3 Å². The molecule has 2 aromatic carbocycles. The van der Waals surface area contributed by atoms with E-state index in [9.17, 15) is 4.79 Å². The van der Waals surface area contributed by atoms with Crippen molar-refractivity contribution in [3.8, 4) is 11.4 Å². The summed E-state index contributed by atoms with van der Waals surface area (Å²) in [6.45, 7) is 5.67. The number of hydrogen-bond donors (Lipinski definition) is 2. The van der Waals surface area contributed by atoms with Gasteiger partial charge >= 0.3 is 0 Å². The van der Waals surface area contributed by atoms with Crippen LogP contribution >= 0.6 is 11.6 Å². The van der Waals surface area contributed by atoms with Crippen LogP contribution in [0.4, 0.5) is 11.5 Å². The molecule has 3 rings (SSSR count). The van der Waals surface area contributed by atoms with Crippen LogP contribution in [0.3, 0.4) is 0 Å². The summed E-state index contributed by atoms with van der Waals surface area (Å²) in [7, 11) is 0. The topological polar surface area (TPSA) is 66.9 Å². The van der Waals surface area contributed by atoms with Crippen LogP contribution in [0.5, 0.6) is 0 Å². The summed E-state index contributed by atoms with van der Waals surface area (Å²) < 4.78 is 0. The van der Waals surface area contributed by atoms with E-state index < -0.39 is 6.04 Å². The van der Waals surface area contributed by atoms with Gasteiger partial charge in [-0.25, -0.2) is 9.97 Å². The third kappa shape index (κ3) is 4.63. The number of aromatic nitrogens is 2. The minimum Gasteiger partial charge on any atom is -0.358 e. The number of benzene rings is 2. The minimum absolute atomic E-state index is 0.134. The molecule has 27 heavy (non-hydrogen) atoms. The summed E-state index contributed by atoms with van der Waals surface area (Å²) in [5, 5.41) is 6.75. The first kappa shape index (κ1) is 18.9. The van der Waals surface area contributed by atoms with Gasteiger partial charge in [0, 0.05) is 27.5 Å². The molecule has 1 amide bonds. The maximum atomic E-state index is 12.5. The highest BCUT2D eigenvalue weighted by Gasteiger charge is 2.17. The summed E-state index contributed by atoms with van der Waals surface area (Å²) in [6, 6.07) is 16.3. The molecule has 138 valence electrons. The fourth-order valence-electron chi connectivity index (χ4n) is 2.54. The minimum atomic E-state index is -0.462. The van der Waals surface area contributed by atoms with Crippen molar-refractivity contribution < 1.29 is 4.79 Å². The summed E-state index contributed by atoms with van der Waals surface area (Å²) in [5.74, 6) is 1.10. The Morgan fingerprint density at radius 3 is 2.33 bits per heavy atom. The number of rotatable bonds is 5. The lowest BCUT2D eigenvalue weighted by Gasteiger charge is -2.17. The monoisotopic (exact) mass is 380 g/mol. The molecule has 0 radical (unpaired) electrons. The molecule has 0 aliphatic carbocycles. The Kier molecular flexibility index (Phi) is 5.72. The molecule has 0 aliphatic heterocycles. The number of aryl methyl sites for hydroxylation is 1. The Bertz CT molecular complexity index is 942. The number of nitrogens with zero attached hydrogens (tertiary/aromatic N) is 2. The third-order valence-electron chi connectivity index (χ3n) is 4.28. The van der Waals surface area contributed by atoms with Gasteiger partial charge in [0.15, 0.2) is 5.82 Å². The van der Waals surface area contributed by atoms with Gasteiger partial charge in [0.25, 0.3) is 0 Å². The molecule has 0 saturated heterocycles. The molecule has 1 heterocycles. The van der Waals surface area contributed by atoms with E-state index in [1.165, 1.54) is 0 Å². The predicted octanol–water partition coefficient (Wildman–Crippen LogP) is 4.85. The molecule has 0 bridgehead atoms. The van der Waals surface area contributed by atoms with Gasteiger partial charge in [0.1, 0.15) is 11.9 Å². The van der Waals surface area contributed by atoms with Gasteiger partial charge in [-0.1, -0.05) is 29.8 Å². The molecule has 1 atom stereocenters. The van der Waals surface area contributed by atoms with Crippen LogP contribution in [-0.4, -0.2) is 21.9 Å². The number of hydrogen-bond acceptors (Lipinski definition) is 4. The lowest BCUT2D eigenvalue weighted by Crippen LogP contribution is -2.32.